The monoisotopic (exact) mass is 292 g/mol. The fraction of sp³-hybridized carbons (Fsp3) is 0.429. The average Bonchev–Trinajstić information content (AvgIpc) is 2.41. The topological polar surface area (TPSA) is 110 Å². The van der Waals surface area contributed by atoms with Crippen LogP contribution in [0.2, 0.25) is 0 Å². The van der Waals surface area contributed by atoms with Crippen LogP contribution in [0.15, 0.2) is 24.3 Å². The highest BCUT2D eigenvalue weighted by Crippen LogP contribution is 2.33. The first-order chi connectivity index (χ1) is 9.85. The fourth-order valence-electron chi connectivity index (χ4n) is 2.33. The third kappa shape index (κ3) is 2.86. The number of benzene rings is 1. The number of carbonyl (C=O) groups excluding carboxylic acids is 1. The third-order valence-electron chi connectivity index (χ3n) is 3.95. The number of nitro groups is 1. The van der Waals surface area contributed by atoms with Crippen LogP contribution in [0.5, 0.6) is 0 Å². The molecule has 0 saturated heterocycles. The zero-order valence-electron chi connectivity index (χ0n) is 11.5. The summed E-state index contributed by atoms with van der Waals surface area (Å²) in [6.07, 6.45) is 1.59. The lowest BCUT2D eigenvalue weighted by Crippen LogP contribution is -2.59. The molecule has 0 bridgehead atoms. The van der Waals surface area contributed by atoms with Crippen LogP contribution in [0.25, 0.3) is 0 Å². The SMILES string of the molecule is CC(C(=O)NC1(C(=O)O)CCC1)c1cccc([N+](=O)[O-])c1. The molecule has 1 fully saturated rings. The number of hydrogen-bond acceptors (Lipinski definition) is 4. The van der Waals surface area contributed by atoms with E-state index in [0.717, 1.165) is 6.42 Å². The zero-order valence-corrected chi connectivity index (χ0v) is 11.5. The molecule has 1 atom stereocenters. The van der Waals surface area contributed by atoms with Crippen LogP contribution in [-0.4, -0.2) is 27.4 Å². The summed E-state index contributed by atoms with van der Waals surface area (Å²) in [4.78, 5) is 33.6. The summed E-state index contributed by atoms with van der Waals surface area (Å²) in [5, 5.41) is 22.5. The maximum absolute atomic E-state index is 12.2. The quantitative estimate of drug-likeness (QED) is 0.635. The molecular weight excluding hydrogens is 276 g/mol. The molecule has 21 heavy (non-hydrogen) atoms. The van der Waals surface area contributed by atoms with E-state index in [0.29, 0.717) is 18.4 Å². The number of hydrogen-bond donors (Lipinski definition) is 2. The number of nitro benzene ring substituents is 1. The van der Waals surface area contributed by atoms with Gasteiger partial charge in [-0.25, -0.2) is 4.79 Å². The summed E-state index contributed by atoms with van der Waals surface area (Å²) >= 11 is 0. The van der Waals surface area contributed by atoms with Gasteiger partial charge in [0.1, 0.15) is 5.54 Å². The van der Waals surface area contributed by atoms with Crippen LogP contribution >= 0.6 is 0 Å². The molecule has 1 unspecified atom stereocenters. The second-order valence-corrected chi connectivity index (χ2v) is 5.30. The first-order valence-corrected chi connectivity index (χ1v) is 6.65. The van der Waals surface area contributed by atoms with Crippen molar-refractivity contribution < 1.29 is 19.6 Å². The summed E-state index contributed by atoms with van der Waals surface area (Å²) in [6.45, 7) is 1.60. The Morgan fingerprint density at radius 1 is 1.43 bits per heavy atom. The molecule has 1 amide bonds. The number of carboxylic acid groups (broad SMARTS) is 1. The smallest absolute Gasteiger partial charge is 0.329 e. The third-order valence-corrected chi connectivity index (χ3v) is 3.95. The molecule has 7 nitrogen and oxygen atoms in total. The Balaban J connectivity index is 2.14. The van der Waals surface area contributed by atoms with Gasteiger partial charge in [-0.15, -0.1) is 0 Å². The molecule has 1 saturated carbocycles. The van der Waals surface area contributed by atoms with Crippen molar-refractivity contribution in [2.24, 2.45) is 0 Å². The van der Waals surface area contributed by atoms with Crippen LogP contribution in [0.1, 0.15) is 37.7 Å². The summed E-state index contributed by atoms with van der Waals surface area (Å²) in [5.74, 6) is -2.12. The Labute approximate surface area is 121 Å². The van der Waals surface area contributed by atoms with Gasteiger partial charge in [-0.05, 0) is 31.7 Å². The van der Waals surface area contributed by atoms with Gasteiger partial charge in [0.15, 0.2) is 0 Å². The van der Waals surface area contributed by atoms with Crippen molar-refractivity contribution in [3.63, 3.8) is 0 Å². The Hall–Kier alpha value is -2.44. The van der Waals surface area contributed by atoms with E-state index in [-0.39, 0.29) is 5.69 Å². The molecule has 1 aromatic carbocycles. The summed E-state index contributed by atoms with van der Waals surface area (Å²) in [7, 11) is 0. The van der Waals surface area contributed by atoms with E-state index in [1.807, 2.05) is 0 Å². The van der Waals surface area contributed by atoms with Gasteiger partial charge in [0.25, 0.3) is 5.69 Å². The number of nitrogens with one attached hydrogen (secondary N) is 1. The number of aliphatic carboxylic acids is 1. The number of carboxylic acids is 1. The van der Waals surface area contributed by atoms with Gasteiger partial charge < -0.3 is 10.4 Å². The minimum Gasteiger partial charge on any atom is -0.480 e. The molecule has 112 valence electrons. The molecule has 0 aliphatic heterocycles. The van der Waals surface area contributed by atoms with Gasteiger partial charge in [0, 0.05) is 12.1 Å². The Kier molecular flexibility index (Phi) is 3.93. The van der Waals surface area contributed by atoms with E-state index in [1.54, 1.807) is 13.0 Å². The predicted molar refractivity (Wildman–Crippen MR) is 73.9 cm³/mol. The maximum Gasteiger partial charge on any atom is 0.329 e. The fourth-order valence-corrected chi connectivity index (χ4v) is 2.33. The van der Waals surface area contributed by atoms with E-state index >= 15 is 0 Å². The summed E-state index contributed by atoms with van der Waals surface area (Å²) in [6, 6.07) is 5.80. The molecule has 0 aromatic heterocycles. The predicted octanol–water partition coefficient (Wildman–Crippen LogP) is 1.82. The van der Waals surface area contributed by atoms with Crippen LogP contribution in [0.3, 0.4) is 0 Å². The Morgan fingerprint density at radius 2 is 2.10 bits per heavy atom. The number of rotatable bonds is 5. The van der Waals surface area contributed by atoms with Gasteiger partial charge in [-0.2, -0.15) is 0 Å². The zero-order chi connectivity index (χ0) is 15.6. The standard InChI is InChI=1S/C14H16N2O5/c1-9(10-4-2-5-11(8-10)16(20)21)12(17)15-14(13(18)19)6-3-7-14/h2,4-5,8-9H,3,6-7H2,1H3,(H,15,17)(H,18,19). The Morgan fingerprint density at radius 3 is 2.57 bits per heavy atom. The van der Waals surface area contributed by atoms with Gasteiger partial charge >= 0.3 is 5.97 Å². The van der Waals surface area contributed by atoms with E-state index in [4.69, 9.17) is 0 Å². The van der Waals surface area contributed by atoms with Crippen LogP contribution in [0.4, 0.5) is 5.69 Å². The second-order valence-electron chi connectivity index (χ2n) is 5.30. The maximum atomic E-state index is 12.2. The molecule has 1 aliphatic rings. The van der Waals surface area contributed by atoms with E-state index < -0.39 is 28.3 Å². The van der Waals surface area contributed by atoms with Gasteiger partial charge in [-0.1, -0.05) is 12.1 Å². The van der Waals surface area contributed by atoms with Gasteiger partial charge in [0.2, 0.25) is 5.91 Å². The van der Waals surface area contributed by atoms with E-state index in [1.165, 1.54) is 18.2 Å². The normalized spacial score (nSPS) is 17.4. The van der Waals surface area contributed by atoms with Gasteiger partial charge in [0.05, 0.1) is 10.8 Å². The first kappa shape index (κ1) is 15.0. The van der Waals surface area contributed by atoms with Crippen molar-refractivity contribution in [2.45, 2.75) is 37.6 Å². The van der Waals surface area contributed by atoms with Crippen molar-refractivity contribution in [3.8, 4) is 0 Å². The minimum absolute atomic E-state index is 0.0938. The average molecular weight is 292 g/mol. The molecular formula is C14H16N2O5. The summed E-state index contributed by atoms with van der Waals surface area (Å²) in [5.41, 5.74) is -0.781. The van der Waals surface area contributed by atoms with Crippen molar-refractivity contribution in [3.05, 3.63) is 39.9 Å². The highest BCUT2D eigenvalue weighted by atomic mass is 16.6. The number of non-ortho nitro benzene ring substituents is 1. The van der Waals surface area contributed by atoms with Crippen LogP contribution in [-0.2, 0) is 9.59 Å². The first-order valence-electron chi connectivity index (χ1n) is 6.65. The number of carbonyl (C=O) groups is 2. The Bertz CT molecular complexity index is 595. The van der Waals surface area contributed by atoms with E-state index in [9.17, 15) is 24.8 Å². The van der Waals surface area contributed by atoms with Crippen LogP contribution < -0.4 is 5.32 Å². The van der Waals surface area contributed by atoms with Crippen LogP contribution in [0, 0.1) is 10.1 Å². The molecule has 2 N–H and O–H groups in total. The molecule has 0 radical (unpaired) electrons. The van der Waals surface area contributed by atoms with Crippen molar-refractivity contribution in [1.29, 1.82) is 0 Å². The van der Waals surface area contributed by atoms with Gasteiger partial charge in [-0.3, -0.25) is 14.9 Å². The highest BCUT2D eigenvalue weighted by Gasteiger charge is 2.46. The van der Waals surface area contributed by atoms with Crippen molar-refractivity contribution in [2.75, 3.05) is 0 Å². The minimum atomic E-state index is -1.17. The highest BCUT2D eigenvalue weighted by molar-refractivity contribution is 5.91. The lowest BCUT2D eigenvalue weighted by molar-refractivity contribution is -0.384. The lowest BCUT2D eigenvalue weighted by atomic mass is 9.76. The molecule has 2 rings (SSSR count). The number of amides is 1. The molecule has 0 spiro atoms. The largest absolute Gasteiger partial charge is 0.480 e. The van der Waals surface area contributed by atoms with Crippen molar-refractivity contribution in [1.82, 2.24) is 5.32 Å². The molecule has 0 heterocycles. The molecule has 1 aliphatic carbocycles. The molecule has 1 aromatic rings. The lowest BCUT2D eigenvalue weighted by Gasteiger charge is -2.38. The van der Waals surface area contributed by atoms with E-state index in [2.05, 4.69) is 5.32 Å². The number of nitrogens with zero attached hydrogens (tertiary/aromatic N) is 1. The molecule has 7 heteroatoms. The summed E-state index contributed by atoms with van der Waals surface area (Å²) < 4.78 is 0. The second kappa shape index (κ2) is 5.51. The van der Waals surface area contributed by atoms with Crippen molar-refractivity contribution >= 4 is 17.6 Å².